The zero-order valence-electron chi connectivity index (χ0n) is 12.7. The van der Waals surface area contributed by atoms with Gasteiger partial charge in [-0.2, -0.15) is 13.2 Å². The highest BCUT2D eigenvalue weighted by Gasteiger charge is 2.39. The average Bonchev–Trinajstić information content (AvgIpc) is 2.45. The van der Waals surface area contributed by atoms with Crippen LogP contribution in [0.3, 0.4) is 0 Å². The first kappa shape index (κ1) is 20.3. The Morgan fingerprint density at radius 2 is 1.59 bits per heavy atom. The number of carbonyl (C=O) groups excluding carboxylic acids is 1. The Labute approximate surface area is 128 Å². The zero-order valence-corrected chi connectivity index (χ0v) is 12.7. The number of allylic oxidation sites excluding steroid dienone is 1. The highest BCUT2D eigenvalue weighted by Crippen LogP contribution is 2.27. The lowest BCUT2D eigenvalue weighted by atomic mass is 10.1. The van der Waals surface area contributed by atoms with E-state index < -0.39 is 23.6 Å². The fraction of sp³-hybridized carbons (Fsp3) is 0.733. The number of alkyl halides is 3. The Bertz CT molecular complexity index is 411. The van der Waals surface area contributed by atoms with Gasteiger partial charge in [0.15, 0.2) is 0 Å². The molecule has 0 aliphatic heterocycles. The van der Waals surface area contributed by atoms with Crippen LogP contribution in [0, 0.1) is 6.57 Å². The third-order valence-electron chi connectivity index (χ3n) is 3.03. The second-order valence-corrected chi connectivity index (χ2v) is 4.92. The maximum absolute atomic E-state index is 12.2. The van der Waals surface area contributed by atoms with Crippen molar-refractivity contribution in [3.05, 3.63) is 22.9 Å². The molecule has 0 aliphatic rings. The summed E-state index contributed by atoms with van der Waals surface area (Å²) < 4.78 is 41.2. The van der Waals surface area contributed by atoms with Crippen LogP contribution in [0.2, 0.25) is 0 Å². The van der Waals surface area contributed by atoms with Crippen molar-refractivity contribution in [1.29, 1.82) is 0 Å². The van der Waals surface area contributed by atoms with Crippen molar-refractivity contribution in [2.75, 3.05) is 6.61 Å². The number of aliphatic hydroxyl groups is 1. The van der Waals surface area contributed by atoms with E-state index in [1.807, 2.05) is 0 Å². The molecule has 0 amide bonds. The van der Waals surface area contributed by atoms with Crippen LogP contribution in [0.25, 0.3) is 4.85 Å². The minimum Gasteiger partial charge on any atom is -0.515 e. The molecule has 0 atom stereocenters. The van der Waals surface area contributed by atoms with E-state index in [9.17, 15) is 18.0 Å². The fourth-order valence-electron chi connectivity index (χ4n) is 1.80. The van der Waals surface area contributed by atoms with Crippen molar-refractivity contribution in [1.82, 2.24) is 0 Å². The lowest BCUT2D eigenvalue weighted by Gasteiger charge is -2.08. The molecule has 0 fully saturated rings. The summed E-state index contributed by atoms with van der Waals surface area (Å²) in [6.45, 7) is 8.61. The van der Waals surface area contributed by atoms with E-state index in [1.165, 1.54) is 19.3 Å². The van der Waals surface area contributed by atoms with Gasteiger partial charge in [-0.3, -0.25) is 4.79 Å². The van der Waals surface area contributed by atoms with Gasteiger partial charge in [-0.1, -0.05) is 51.9 Å². The zero-order chi connectivity index (χ0) is 17.0. The molecule has 0 saturated carbocycles. The number of carbonyl (C=O) groups is 1. The van der Waals surface area contributed by atoms with Crippen molar-refractivity contribution in [3.8, 4) is 0 Å². The summed E-state index contributed by atoms with van der Waals surface area (Å²) in [5.74, 6) is -3.64. The summed E-state index contributed by atoms with van der Waals surface area (Å²) in [6.07, 6.45) is 3.00. The Morgan fingerprint density at radius 3 is 2.05 bits per heavy atom. The number of unbranched alkanes of at least 4 members (excludes halogenated alkanes) is 7. The maximum Gasteiger partial charge on any atom is 0.438 e. The van der Waals surface area contributed by atoms with Crippen LogP contribution in [0.4, 0.5) is 13.2 Å². The smallest absolute Gasteiger partial charge is 0.438 e. The van der Waals surface area contributed by atoms with Crippen LogP contribution in [0.1, 0.15) is 58.3 Å². The molecule has 0 radical (unpaired) electrons. The first-order chi connectivity index (χ1) is 10.3. The average molecular weight is 321 g/mol. The van der Waals surface area contributed by atoms with E-state index >= 15 is 0 Å². The number of rotatable bonds is 10. The number of halogens is 3. The Morgan fingerprint density at radius 1 is 1.09 bits per heavy atom. The molecule has 126 valence electrons. The Balaban J connectivity index is 3.97. The van der Waals surface area contributed by atoms with Crippen molar-refractivity contribution in [2.45, 2.75) is 64.5 Å². The van der Waals surface area contributed by atoms with Crippen molar-refractivity contribution in [2.24, 2.45) is 0 Å². The predicted octanol–water partition coefficient (Wildman–Crippen LogP) is 4.92. The predicted molar refractivity (Wildman–Crippen MR) is 75.9 cm³/mol. The summed E-state index contributed by atoms with van der Waals surface area (Å²) >= 11 is 0. The van der Waals surface area contributed by atoms with Crippen LogP contribution < -0.4 is 0 Å². The first-order valence-electron chi connectivity index (χ1n) is 7.39. The van der Waals surface area contributed by atoms with Gasteiger partial charge < -0.3 is 9.84 Å². The molecule has 7 heteroatoms. The van der Waals surface area contributed by atoms with E-state index in [2.05, 4.69) is 16.5 Å². The highest BCUT2D eigenvalue weighted by molar-refractivity contribution is 5.91. The lowest BCUT2D eigenvalue weighted by molar-refractivity contribution is -0.142. The monoisotopic (exact) mass is 321 g/mol. The molecule has 0 heterocycles. The minimum absolute atomic E-state index is 0.0576. The second-order valence-electron chi connectivity index (χ2n) is 4.92. The number of aliphatic hydroxyl groups excluding tert-OH is 1. The maximum atomic E-state index is 12.2. The number of hydrogen-bond acceptors (Lipinski definition) is 3. The van der Waals surface area contributed by atoms with E-state index in [-0.39, 0.29) is 6.61 Å². The van der Waals surface area contributed by atoms with Crippen LogP contribution in [0.15, 0.2) is 11.5 Å². The summed E-state index contributed by atoms with van der Waals surface area (Å²) in [7, 11) is 0. The van der Waals surface area contributed by atoms with Crippen LogP contribution in [0.5, 0.6) is 0 Å². The highest BCUT2D eigenvalue weighted by atomic mass is 19.4. The van der Waals surface area contributed by atoms with Gasteiger partial charge in [0.2, 0.25) is 5.76 Å². The third-order valence-corrected chi connectivity index (χ3v) is 3.03. The van der Waals surface area contributed by atoms with E-state index in [0.29, 0.717) is 6.42 Å². The molecule has 0 aromatic rings. The van der Waals surface area contributed by atoms with Gasteiger partial charge in [0.25, 0.3) is 0 Å². The van der Waals surface area contributed by atoms with Gasteiger partial charge in [-0.05, 0) is 6.42 Å². The van der Waals surface area contributed by atoms with Crippen LogP contribution in [-0.2, 0) is 9.53 Å². The molecule has 0 spiro atoms. The molecular formula is C15H22F3NO3. The summed E-state index contributed by atoms with van der Waals surface area (Å²) in [6, 6.07) is 0. The van der Waals surface area contributed by atoms with Crippen molar-refractivity contribution >= 4 is 5.97 Å². The quantitative estimate of drug-likeness (QED) is 0.204. The summed E-state index contributed by atoms with van der Waals surface area (Å²) in [5.41, 5.74) is -1.42. The molecule has 0 unspecified atom stereocenters. The van der Waals surface area contributed by atoms with Gasteiger partial charge in [0.1, 0.15) is 0 Å². The van der Waals surface area contributed by atoms with Gasteiger partial charge in [-0.25, -0.2) is 4.85 Å². The number of ether oxygens (including phenoxy) is 1. The molecule has 0 aromatic carbocycles. The standard InChI is InChI=1S/C15H22F3NO3/c1-3-4-5-6-7-8-9-10-11-22-14(21)12(19-2)13(20)15(16,17)18/h20H,3-11H2,1H3/b13-12+. The van der Waals surface area contributed by atoms with Crippen molar-refractivity contribution in [3.63, 3.8) is 0 Å². The van der Waals surface area contributed by atoms with E-state index in [0.717, 1.165) is 25.7 Å². The minimum atomic E-state index is -5.13. The largest absolute Gasteiger partial charge is 0.515 e. The van der Waals surface area contributed by atoms with Gasteiger partial charge in [-0.15, -0.1) is 0 Å². The molecule has 22 heavy (non-hydrogen) atoms. The first-order valence-corrected chi connectivity index (χ1v) is 7.39. The molecule has 4 nitrogen and oxygen atoms in total. The van der Waals surface area contributed by atoms with Gasteiger partial charge in [0.05, 0.1) is 13.2 Å². The number of esters is 1. The fourth-order valence-corrected chi connectivity index (χ4v) is 1.80. The summed E-state index contributed by atoms with van der Waals surface area (Å²) in [4.78, 5) is 13.7. The van der Waals surface area contributed by atoms with Crippen LogP contribution in [-0.4, -0.2) is 23.9 Å². The molecular weight excluding hydrogens is 299 g/mol. The van der Waals surface area contributed by atoms with Crippen LogP contribution >= 0.6 is 0 Å². The second kappa shape index (κ2) is 10.9. The lowest BCUT2D eigenvalue weighted by Crippen LogP contribution is -2.18. The van der Waals surface area contributed by atoms with Gasteiger partial charge >= 0.3 is 17.8 Å². The number of hydrogen-bond donors (Lipinski definition) is 1. The molecule has 0 aromatic heterocycles. The SMILES string of the molecule is [C-]#[N+]/C(C(=O)OCCCCCCCCCC)=C(/O)C(F)(F)F. The number of nitrogens with zero attached hydrogens (tertiary/aromatic N) is 1. The molecule has 0 bridgehead atoms. The molecule has 1 N–H and O–H groups in total. The normalized spacial score (nSPS) is 12.5. The summed E-state index contributed by atoms with van der Waals surface area (Å²) in [5, 5.41) is 8.80. The molecule has 0 aliphatic carbocycles. The van der Waals surface area contributed by atoms with Crippen molar-refractivity contribution < 1.29 is 27.8 Å². The Hall–Kier alpha value is -1.71. The van der Waals surface area contributed by atoms with E-state index in [1.54, 1.807) is 0 Å². The molecule has 0 saturated heterocycles. The van der Waals surface area contributed by atoms with Gasteiger partial charge in [0, 0.05) is 0 Å². The molecule has 0 rings (SSSR count). The Kier molecular flexibility index (Phi) is 10.1. The third kappa shape index (κ3) is 8.55. The van der Waals surface area contributed by atoms with E-state index in [4.69, 9.17) is 11.7 Å². The topological polar surface area (TPSA) is 50.9 Å².